The molecule has 3 heteroatoms. The minimum absolute atomic E-state index is 0. The minimum atomic E-state index is -0.226. The fourth-order valence-corrected chi connectivity index (χ4v) is 3.33. The van der Waals surface area contributed by atoms with Crippen LogP contribution in [0.2, 0.25) is 0 Å². The number of rotatable bonds is 2. The third kappa shape index (κ3) is 3.50. The molecule has 1 unspecified atom stereocenters. The quantitative estimate of drug-likeness (QED) is 0.387. The van der Waals surface area contributed by atoms with Crippen LogP contribution in [0.15, 0.2) is 66.7 Å². The van der Waals surface area contributed by atoms with Gasteiger partial charge in [-0.15, -0.1) is 48.0 Å². The van der Waals surface area contributed by atoms with Crippen molar-refractivity contribution in [3.05, 3.63) is 77.9 Å². The fraction of sp³-hybridized carbons (Fsp3) is 0.263. The van der Waals surface area contributed by atoms with Gasteiger partial charge in [-0.3, -0.25) is 0 Å². The highest BCUT2D eigenvalue weighted by atomic mass is 127. The molecule has 0 amide bonds. The van der Waals surface area contributed by atoms with Gasteiger partial charge in [0, 0.05) is 11.0 Å². The Morgan fingerprint density at radius 1 is 0.818 bits per heavy atom. The van der Waals surface area contributed by atoms with E-state index in [9.17, 15) is 5.11 Å². The zero-order chi connectivity index (χ0) is 14.2. The first-order chi connectivity index (χ1) is 9.54. The van der Waals surface area contributed by atoms with Gasteiger partial charge in [-0.25, -0.2) is 0 Å². The lowest BCUT2D eigenvalue weighted by Gasteiger charge is -2.32. The van der Waals surface area contributed by atoms with Crippen LogP contribution in [0.3, 0.4) is 0 Å². The first-order valence-electron chi connectivity index (χ1n) is 7.08. The van der Waals surface area contributed by atoms with Crippen LogP contribution in [0, 0.1) is 5.41 Å². The van der Waals surface area contributed by atoms with Crippen LogP contribution >= 0.6 is 48.0 Å². The lowest BCUT2D eigenvalue weighted by atomic mass is 9.70. The molecule has 3 rings (SSSR count). The summed E-state index contributed by atoms with van der Waals surface area (Å²) in [6.45, 7) is 4.49. The second-order valence-corrected chi connectivity index (χ2v) is 6.35. The summed E-state index contributed by atoms with van der Waals surface area (Å²) in [4.78, 5) is 0. The number of halogens is 2. The number of phenols is 1. The molecule has 1 aliphatic carbocycles. The molecule has 0 aromatic heterocycles. The van der Waals surface area contributed by atoms with Crippen molar-refractivity contribution < 1.29 is 5.11 Å². The molecular formula is C19H22I2O. The Morgan fingerprint density at radius 2 is 1.41 bits per heavy atom. The van der Waals surface area contributed by atoms with E-state index in [0.29, 0.717) is 5.75 Å². The molecule has 0 radical (unpaired) electrons. The highest BCUT2D eigenvalue weighted by molar-refractivity contribution is 14.0. The minimum Gasteiger partial charge on any atom is -0.508 e. The summed E-state index contributed by atoms with van der Waals surface area (Å²) in [5, 5.41) is 10.3. The second-order valence-electron chi connectivity index (χ2n) is 6.35. The number of allylic oxidation sites excluding steroid dienone is 2. The van der Waals surface area contributed by atoms with Gasteiger partial charge < -0.3 is 5.11 Å². The monoisotopic (exact) mass is 520 g/mol. The van der Waals surface area contributed by atoms with E-state index in [-0.39, 0.29) is 58.8 Å². The van der Waals surface area contributed by atoms with Crippen LogP contribution in [-0.4, -0.2) is 5.11 Å². The molecule has 0 spiro atoms. The molecule has 0 bridgehead atoms. The van der Waals surface area contributed by atoms with E-state index >= 15 is 0 Å². The van der Waals surface area contributed by atoms with Gasteiger partial charge in [0.25, 0.3) is 0 Å². The molecule has 0 heterocycles. The van der Waals surface area contributed by atoms with Crippen molar-refractivity contribution in [2.24, 2.45) is 5.41 Å². The molecule has 0 aliphatic heterocycles. The molecule has 1 nitrogen and oxygen atoms in total. The molecule has 2 aromatic carbocycles. The molecule has 1 N–H and O–H groups in total. The van der Waals surface area contributed by atoms with E-state index in [0.717, 1.165) is 12.0 Å². The van der Waals surface area contributed by atoms with E-state index in [1.54, 1.807) is 6.07 Å². The summed E-state index contributed by atoms with van der Waals surface area (Å²) in [6.07, 6.45) is 5.51. The second kappa shape index (κ2) is 7.34. The predicted octanol–water partition coefficient (Wildman–Crippen LogP) is 5.90. The first kappa shape index (κ1) is 19.5. The van der Waals surface area contributed by atoms with Crippen molar-refractivity contribution in [2.45, 2.75) is 25.7 Å². The van der Waals surface area contributed by atoms with E-state index in [1.165, 1.54) is 5.56 Å². The lowest BCUT2D eigenvalue weighted by molar-refractivity contribution is 0.388. The number of phenolic OH excluding ortho intramolecular Hbond substituents is 1. The van der Waals surface area contributed by atoms with Crippen molar-refractivity contribution >= 4 is 48.0 Å². The van der Waals surface area contributed by atoms with E-state index < -0.39 is 0 Å². The van der Waals surface area contributed by atoms with Crippen LogP contribution in [0.4, 0.5) is 0 Å². The number of hydrogen-bond acceptors (Lipinski definition) is 1. The maximum atomic E-state index is 10.3. The van der Waals surface area contributed by atoms with Gasteiger partial charge in [0.1, 0.15) is 5.75 Å². The maximum absolute atomic E-state index is 10.3. The van der Waals surface area contributed by atoms with Crippen LogP contribution in [-0.2, 0) is 5.41 Å². The average molecular weight is 520 g/mol. The molecule has 22 heavy (non-hydrogen) atoms. The Bertz CT molecular complexity index is 649. The van der Waals surface area contributed by atoms with E-state index in [4.69, 9.17) is 0 Å². The van der Waals surface area contributed by atoms with Crippen molar-refractivity contribution in [3.63, 3.8) is 0 Å². The Kier molecular flexibility index (Phi) is 6.50. The number of hydrogen-bond donors (Lipinski definition) is 1. The Morgan fingerprint density at radius 3 is 1.95 bits per heavy atom. The topological polar surface area (TPSA) is 20.2 Å². The highest BCUT2D eigenvalue weighted by Crippen LogP contribution is 2.51. The zero-order valence-corrected chi connectivity index (χ0v) is 17.5. The predicted molar refractivity (Wildman–Crippen MR) is 114 cm³/mol. The molecule has 0 fully saturated rings. The van der Waals surface area contributed by atoms with Crippen molar-refractivity contribution in [3.8, 4) is 5.75 Å². The maximum Gasteiger partial charge on any atom is 0.119 e. The van der Waals surface area contributed by atoms with Gasteiger partial charge >= 0.3 is 0 Å². The third-order valence-corrected chi connectivity index (χ3v) is 4.23. The van der Waals surface area contributed by atoms with Gasteiger partial charge in [0.05, 0.1) is 0 Å². The molecule has 2 aromatic rings. The average Bonchev–Trinajstić information content (AvgIpc) is 2.78. The normalized spacial score (nSPS) is 21.7. The van der Waals surface area contributed by atoms with Gasteiger partial charge in [-0.05, 0) is 23.5 Å². The SMILES string of the molecule is CC1(C)C=CC(c2ccccc2)(c2ccccc2O)C1.I.I. The van der Waals surface area contributed by atoms with Crippen molar-refractivity contribution in [1.82, 2.24) is 0 Å². The smallest absolute Gasteiger partial charge is 0.119 e. The fourth-order valence-electron chi connectivity index (χ4n) is 3.33. The summed E-state index contributed by atoms with van der Waals surface area (Å²) in [7, 11) is 0. The molecule has 0 saturated carbocycles. The molecule has 0 saturated heterocycles. The van der Waals surface area contributed by atoms with E-state index in [1.807, 2.05) is 24.3 Å². The summed E-state index contributed by atoms with van der Waals surface area (Å²) in [5.41, 5.74) is 2.14. The van der Waals surface area contributed by atoms with Gasteiger partial charge in [-0.2, -0.15) is 0 Å². The molecular weight excluding hydrogens is 498 g/mol. The summed E-state index contributed by atoms with van der Waals surface area (Å²) >= 11 is 0. The van der Waals surface area contributed by atoms with Crippen LogP contribution < -0.4 is 0 Å². The van der Waals surface area contributed by atoms with Gasteiger partial charge in [0.2, 0.25) is 0 Å². The van der Waals surface area contributed by atoms with Crippen molar-refractivity contribution in [1.29, 1.82) is 0 Å². The number of para-hydroxylation sites is 1. The van der Waals surface area contributed by atoms with Crippen LogP contribution in [0.25, 0.3) is 0 Å². The van der Waals surface area contributed by atoms with Crippen LogP contribution in [0.1, 0.15) is 31.4 Å². The Balaban J connectivity index is 0.00000121. The molecule has 118 valence electrons. The van der Waals surface area contributed by atoms with Crippen LogP contribution in [0.5, 0.6) is 5.75 Å². The highest BCUT2D eigenvalue weighted by Gasteiger charge is 2.42. The summed E-state index contributed by atoms with van der Waals surface area (Å²) < 4.78 is 0. The summed E-state index contributed by atoms with van der Waals surface area (Å²) in [6, 6.07) is 18.2. The standard InChI is InChI=1S/C19H20O.2HI/c1-18(2)12-13-19(14-18,15-8-4-3-5-9-15)16-10-6-7-11-17(16)20;;/h3-13,20H,14H2,1-2H3;2*1H. The Labute approximate surface area is 166 Å². The van der Waals surface area contributed by atoms with E-state index in [2.05, 4.69) is 50.3 Å². The first-order valence-corrected chi connectivity index (χ1v) is 7.08. The number of benzene rings is 2. The summed E-state index contributed by atoms with van der Waals surface area (Å²) in [5.74, 6) is 0.374. The Hall–Kier alpha value is -0.560. The van der Waals surface area contributed by atoms with Crippen molar-refractivity contribution in [2.75, 3.05) is 0 Å². The molecule has 1 aliphatic rings. The third-order valence-electron chi connectivity index (χ3n) is 4.23. The van der Waals surface area contributed by atoms with Gasteiger partial charge in [-0.1, -0.05) is 74.5 Å². The largest absolute Gasteiger partial charge is 0.508 e. The lowest BCUT2D eigenvalue weighted by Crippen LogP contribution is -2.26. The number of aromatic hydroxyl groups is 1. The molecule has 1 atom stereocenters. The van der Waals surface area contributed by atoms with Gasteiger partial charge in [0.15, 0.2) is 0 Å². The zero-order valence-electron chi connectivity index (χ0n) is 12.8.